The van der Waals surface area contributed by atoms with E-state index in [1.165, 1.54) is 11.3 Å². The van der Waals surface area contributed by atoms with Crippen LogP contribution >= 0.6 is 27.3 Å². The number of thiazole rings is 1. The predicted octanol–water partition coefficient (Wildman–Crippen LogP) is 2.85. The molecule has 86 valence electrons. The summed E-state index contributed by atoms with van der Waals surface area (Å²) in [5, 5.41) is 11.1. The van der Waals surface area contributed by atoms with E-state index < -0.39 is 17.5 Å². The Morgan fingerprint density at radius 1 is 1.69 bits per heavy atom. The average Bonchev–Trinajstić information content (AvgIpc) is 2.49. The minimum Gasteiger partial charge on any atom is -0.459 e. The summed E-state index contributed by atoms with van der Waals surface area (Å²) in [7, 11) is 0. The fraction of sp³-hybridized carbons (Fsp3) is 0.500. The third-order valence-electron chi connectivity index (χ3n) is 1.51. The van der Waals surface area contributed by atoms with Crippen LogP contribution in [0.2, 0.25) is 0 Å². The quantitative estimate of drug-likeness (QED) is 0.788. The van der Waals surface area contributed by atoms with Crippen molar-refractivity contribution < 1.29 is 9.53 Å². The average molecular weight is 303 g/mol. The van der Waals surface area contributed by atoms with E-state index in [-0.39, 0.29) is 0 Å². The number of halogens is 1. The number of aromatic nitrogens is 1. The molecule has 1 atom stereocenters. The molecule has 0 amide bonds. The smallest absolute Gasteiger partial charge is 0.330 e. The van der Waals surface area contributed by atoms with E-state index in [1.807, 2.05) is 6.07 Å². The van der Waals surface area contributed by atoms with Crippen molar-refractivity contribution in [3.63, 3.8) is 0 Å². The van der Waals surface area contributed by atoms with Gasteiger partial charge in [0.1, 0.15) is 15.2 Å². The van der Waals surface area contributed by atoms with E-state index in [2.05, 4.69) is 20.9 Å². The Morgan fingerprint density at radius 3 is 2.69 bits per heavy atom. The molecule has 0 aliphatic rings. The molecule has 0 aliphatic heterocycles. The van der Waals surface area contributed by atoms with Gasteiger partial charge in [0.15, 0.2) is 5.92 Å². The van der Waals surface area contributed by atoms with Gasteiger partial charge in [0.05, 0.1) is 6.07 Å². The summed E-state index contributed by atoms with van der Waals surface area (Å²) in [4.78, 5) is 15.8. The molecule has 0 bridgehead atoms. The molecule has 0 spiro atoms. The molecule has 1 unspecified atom stereocenters. The normalized spacial score (nSPS) is 12.9. The van der Waals surface area contributed by atoms with Crippen molar-refractivity contribution in [1.29, 1.82) is 5.26 Å². The number of hydrogen-bond acceptors (Lipinski definition) is 5. The van der Waals surface area contributed by atoms with Crippen molar-refractivity contribution in [2.24, 2.45) is 0 Å². The molecule has 0 radical (unpaired) electrons. The Kier molecular flexibility index (Phi) is 4.05. The van der Waals surface area contributed by atoms with Gasteiger partial charge in [-0.15, -0.1) is 11.3 Å². The molecular formula is C10H11BrN2O2S. The zero-order valence-electron chi connectivity index (χ0n) is 9.15. The van der Waals surface area contributed by atoms with Crippen LogP contribution in [0, 0.1) is 11.3 Å². The van der Waals surface area contributed by atoms with E-state index >= 15 is 0 Å². The van der Waals surface area contributed by atoms with Gasteiger partial charge >= 0.3 is 5.97 Å². The molecule has 1 aromatic rings. The van der Waals surface area contributed by atoms with Gasteiger partial charge in [0, 0.05) is 5.38 Å². The minimum absolute atomic E-state index is 0.448. The largest absolute Gasteiger partial charge is 0.459 e. The second-order valence-corrected chi connectivity index (χ2v) is 5.81. The van der Waals surface area contributed by atoms with Crippen molar-refractivity contribution in [1.82, 2.24) is 4.98 Å². The number of nitriles is 1. The third-order valence-corrected chi connectivity index (χ3v) is 3.13. The first kappa shape index (κ1) is 13.1. The Labute approximate surface area is 106 Å². The second kappa shape index (κ2) is 4.93. The maximum absolute atomic E-state index is 11.7. The predicted molar refractivity (Wildman–Crippen MR) is 64.0 cm³/mol. The highest BCUT2D eigenvalue weighted by Gasteiger charge is 2.28. The van der Waals surface area contributed by atoms with Gasteiger partial charge in [0.25, 0.3) is 0 Å². The molecule has 0 aromatic carbocycles. The fourth-order valence-electron chi connectivity index (χ4n) is 0.969. The zero-order valence-corrected chi connectivity index (χ0v) is 11.6. The van der Waals surface area contributed by atoms with E-state index in [0.717, 1.165) is 0 Å². The van der Waals surface area contributed by atoms with E-state index in [9.17, 15) is 4.79 Å². The Balaban J connectivity index is 2.85. The lowest BCUT2D eigenvalue weighted by Crippen LogP contribution is -2.27. The highest BCUT2D eigenvalue weighted by atomic mass is 79.9. The molecule has 16 heavy (non-hydrogen) atoms. The summed E-state index contributed by atoms with van der Waals surface area (Å²) in [5.41, 5.74) is -0.597. The number of carbonyl (C=O) groups excluding carboxylic acids is 1. The van der Waals surface area contributed by atoms with Gasteiger partial charge in [-0.1, -0.05) is 0 Å². The fourth-order valence-corrected chi connectivity index (χ4v) is 2.26. The van der Waals surface area contributed by atoms with Gasteiger partial charge in [-0.05, 0) is 36.7 Å². The van der Waals surface area contributed by atoms with Crippen LogP contribution in [0.3, 0.4) is 0 Å². The molecule has 1 rings (SSSR count). The molecule has 1 heterocycles. The maximum Gasteiger partial charge on any atom is 0.330 e. The van der Waals surface area contributed by atoms with Gasteiger partial charge in [-0.2, -0.15) is 5.26 Å². The monoisotopic (exact) mass is 302 g/mol. The first-order valence-electron chi connectivity index (χ1n) is 4.57. The van der Waals surface area contributed by atoms with Crippen LogP contribution < -0.4 is 0 Å². The van der Waals surface area contributed by atoms with Crippen LogP contribution in [0.15, 0.2) is 9.98 Å². The first-order valence-corrected chi connectivity index (χ1v) is 6.24. The Bertz CT molecular complexity index is 431. The number of nitrogens with zero attached hydrogens (tertiary/aromatic N) is 2. The van der Waals surface area contributed by atoms with Gasteiger partial charge in [-0.25, -0.2) is 4.98 Å². The van der Waals surface area contributed by atoms with Crippen molar-refractivity contribution in [2.75, 3.05) is 0 Å². The van der Waals surface area contributed by atoms with Gasteiger partial charge < -0.3 is 4.74 Å². The lowest BCUT2D eigenvalue weighted by Gasteiger charge is -2.20. The molecule has 0 aliphatic carbocycles. The highest BCUT2D eigenvalue weighted by molar-refractivity contribution is 9.10. The summed E-state index contributed by atoms with van der Waals surface area (Å²) in [6, 6.07) is 1.91. The zero-order chi connectivity index (χ0) is 12.3. The molecular weight excluding hydrogens is 292 g/mol. The van der Waals surface area contributed by atoms with Crippen LogP contribution in [0.25, 0.3) is 0 Å². The first-order chi connectivity index (χ1) is 7.33. The SMILES string of the molecule is CC(C)(C)OC(=O)C(C#N)c1nc(Br)cs1. The van der Waals surface area contributed by atoms with Crippen molar-refractivity contribution in [2.45, 2.75) is 32.3 Å². The number of carbonyl (C=O) groups is 1. The van der Waals surface area contributed by atoms with E-state index in [4.69, 9.17) is 10.00 Å². The summed E-state index contributed by atoms with van der Waals surface area (Å²) >= 11 is 4.43. The Morgan fingerprint density at radius 2 is 2.31 bits per heavy atom. The second-order valence-electron chi connectivity index (χ2n) is 4.10. The van der Waals surface area contributed by atoms with Crippen molar-refractivity contribution in [3.05, 3.63) is 15.0 Å². The summed E-state index contributed by atoms with van der Waals surface area (Å²) < 4.78 is 5.77. The maximum atomic E-state index is 11.7. The van der Waals surface area contributed by atoms with Crippen LogP contribution in [0.1, 0.15) is 31.7 Å². The number of esters is 1. The molecule has 0 N–H and O–H groups in total. The molecule has 0 saturated heterocycles. The van der Waals surface area contributed by atoms with Gasteiger partial charge in [0.2, 0.25) is 0 Å². The van der Waals surface area contributed by atoms with Crippen molar-refractivity contribution >= 4 is 33.2 Å². The highest BCUT2D eigenvalue weighted by Crippen LogP contribution is 2.25. The molecule has 0 fully saturated rings. The molecule has 0 saturated carbocycles. The lowest BCUT2D eigenvalue weighted by atomic mass is 10.1. The molecule has 4 nitrogen and oxygen atoms in total. The van der Waals surface area contributed by atoms with Crippen LogP contribution in [0.4, 0.5) is 0 Å². The summed E-state index contributed by atoms with van der Waals surface area (Å²) in [6.45, 7) is 5.28. The number of ether oxygens (including phenoxy) is 1. The molecule has 1 aromatic heterocycles. The Hall–Kier alpha value is -0.930. The minimum atomic E-state index is -0.949. The van der Waals surface area contributed by atoms with E-state index in [1.54, 1.807) is 26.2 Å². The van der Waals surface area contributed by atoms with Crippen LogP contribution in [0.5, 0.6) is 0 Å². The lowest BCUT2D eigenvalue weighted by molar-refractivity contribution is -0.155. The van der Waals surface area contributed by atoms with Gasteiger partial charge in [-0.3, -0.25) is 4.79 Å². The van der Waals surface area contributed by atoms with E-state index in [0.29, 0.717) is 9.61 Å². The summed E-state index contributed by atoms with van der Waals surface area (Å²) in [5.74, 6) is -1.51. The number of rotatable bonds is 2. The molecule has 6 heteroatoms. The number of hydrogen-bond donors (Lipinski definition) is 0. The third kappa shape index (κ3) is 3.58. The van der Waals surface area contributed by atoms with Crippen molar-refractivity contribution in [3.8, 4) is 6.07 Å². The van der Waals surface area contributed by atoms with Crippen LogP contribution in [-0.4, -0.2) is 16.6 Å². The topological polar surface area (TPSA) is 63.0 Å². The summed E-state index contributed by atoms with van der Waals surface area (Å²) in [6.07, 6.45) is 0. The standard InChI is InChI=1S/C10H11BrN2O2S/c1-10(2,3)15-9(14)6(4-12)8-13-7(11)5-16-8/h5-6H,1-3H3. The van der Waals surface area contributed by atoms with Crippen LogP contribution in [-0.2, 0) is 9.53 Å².